The average molecular weight is 274 g/mol. The summed E-state index contributed by atoms with van der Waals surface area (Å²) in [6, 6.07) is 6.09. The topological polar surface area (TPSA) is 64.3 Å². The van der Waals surface area contributed by atoms with E-state index >= 15 is 0 Å². The van der Waals surface area contributed by atoms with Crippen molar-refractivity contribution in [2.24, 2.45) is 5.73 Å². The fourth-order valence-corrected chi connectivity index (χ4v) is 3.05. The van der Waals surface area contributed by atoms with E-state index in [4.69, 9.17) is 10.5 Å². The third kappa shape index (κ3) is 3.02. The second-order valence-corrected chi connectivity index (χ2v) is 5.81. The monoisotopic (exact) mass is 274 g/mol. The quantitative estimate of drug-likeness (QED) is 0.886. The van der Waals surface area contributed by atoms with Crippen LogP contribution in [0.25, 0.3) is 0 Å². The van der Waals surface area contributed by atoms with Gasteiger partial charge in [-0.1, -0.05) is 12.1 Å². The largest absolute Gasteiger partial charge is 0.378 e. The lowest BCUT2D eigenvalue weighted by molar-refractivity contribution is -0.115. The van der Waals surface area contributed by atoms with Gasteiger partial charge in [-0.3, -0.25) is 4.79 Å². The van der Waals surface area contributed by atoms with Gasteiger partial charge in [-0.25, -0.2) is 0 Å². The van der Waals surface area contributed by atoms with E-state index in [1.54, 1.807) is 0 Å². The van der Waals surface area contributed by atoms with Crippen LogP contribution < -0.4 is 11.1 Å². The highest BCUT2D eigenvalue weighted by Crippen LogP contribution is 2.28. The molecule has 0 aliphatic carbocycles. The van der Waals surface area contributed by atoms with E-state index in [9.17, 15) is 4.79 Å². The molecule has 20 heavy (non-hydrogen) atoms. The van der Waals surface area contributed by atoms with E-state index in [1.807, 2.05) is 12.1 Å². The molecule has 2 heterocycles. The number of amides is 1. The van der Waals surface area contributed by atoms with Crippen LogP contribution in [0.2, 0.25) is 0 Å². The van der Waals surface area contributed by atoms with Crippen LogP contribution in [0.5, 0.6) is 0 Å². The maximum absolute atomic E-state index is 11.4. The maximum Gasteiger partial charge on any atom is 0.228 e. The number of hydrogen-bond donors (Lipinski definition) is 2. The summed E-state index contributed by atoms with van der Waals surface area (Å²) in [5.41, 5.74) is 9.40. The molecule has 0 radical (unpaired) electrons. The van der Waals surface area contributed by atoms with Gasteiger partial charge in [0.15, 0.2) is 0 Å². The Kier molecular flexibility index (Phi) is 4.03. The lowest BCUT2D eigenvalue weighted by Gasteiger charge is -2.24. The second kappa shape index (κ2) is 5.94. The van der Waals surface area contributed by atoms with Crippen LogP contribution in [0.4, 0.5) is 5.69 Å². The van der Waals surface area contributed by atoms with E-state index in [-0.39, 0.29) is 11.9 Å². The van der Waals surface area contributed by atoms with E-state index < -0.39 is 0 Å². The SMILES string of the molecule is NC(CCC1CCCCO1)c1ccc2c(c1)CC(=O)N2. The minimum atomic E-state index is 0.0292. The molecule has 0 spiro atoms. The number of ether oxygens (including phenoxy) is 1. The zero-order valence-corrected chi connectivity index (χ0v) is 11.7. The van der Waals surface area contributed by atoms with Gasteiger partial charge in [-0.2, -0.15) is 0 Å². The number of anilines is 1. The summed E-state index contributed by atoms with van der Waals surface area (Å²) < 4.78 is 5.74. The number of carbonyl (C=O) groups excluding carboxylic acids is 1. The van der Waals surface area contributed by atoms with Crippen LogP contribution in [0, 0.1) is 0 Å². The zero-order chi connectivity index (χ0) is 13.9. The van der Waals surface area contributed by atoms with Crippen LogP contribution in [-0.4, -0.2) is 18.6 Å². The molecule has 0 aromatic heterocycles. The van der Waals surface area contributed by atoms with Crippen LogP contribution in [-0.2, 0) is 16.0 Å². The second-order valence-electron chi connectivity index (χ2n) is 5.81. The molecule has 2 aliphatic heterocycles. The first-order valence-corrected chi connectivity index (χ1v) is 7.52. The molecule has 2 unspecified atom stereocenters. The molecular formula is C16H22N2O2. The molecule has 3 rings (SSSR count). The fraction of sp³-hybridized carbons (Fsp3) is 0.562. The highest BCUT2D eigenvalue weighted by atomic mass is 16.5. The number of benzene rings is 1. The van der Waals surface area contributed by atoms with Gasteiger partial charge in [0.25, 0.3) is 0 Å². The van der Waals surface area contributed by atoms with Crippen LogP contribution in [0.1, 0.15) is 49.3 Å². The van der Waals surface area contributed by atoms with Crippen LogP contribution >= 0.6 is 0 Å². The van der Waals surface area contributed by atoms with Gasteiger partial charge in [-0.05, 0) is 49.3 Å². The van der Waals surface area contributed by atoms with Gasteiger partial charge in [0.05, 0.1) is 12.5 Å². The molecular weight excluding hydrogens is 252 g/mol. The van der Waals surface area contributed by atoms with Crippen molar-refractivity contribution in [1.29, 1.82) is 0 Å². The predicted octanol–water partition coefficient (Wildman–Crippen LogP) is 2.53. The number of rotatable bonds is 4. The van der Waals surface area contributed by atoms with Gasteiger partial charge in [0.2, 0.25) is 5.91 Å². The molecule has 108 valence electrons. The smallest absolute Gasteiger partial charge is 0.228 e. The van der Waals surface area contributed by atoms with E-state index in [1.165, 1.54) is 12.8 Å². The molecule has 0 bridgehead atoms. The summed E-state index contributed by atoms with van der Waals surface area (Å²) in [6.07, 6.45) is 6.44. The van der Waals surface area contributed by atoms with Gasteiger partial charge in [-0.15, -0.1) is 0 Å². The third-order valence-electron chi connectivity index (χ3n) is 4.26. The summed E-state index contributed by atoms with van der Waals surface area (Å²) in [6.45, 7) is 0.895. The van der Waals surface area contributed by atoms with E-state index in [0.717, 1.165) is 42.7 Å². The lowest BCUT2D eigenvalue weighted by Crippen LogP contribution is -2.21. The molecule has 4 nitrogen and oxygen atoms in total. The Hall–Kier alpha value is -1.39. The first-order valence-electron chi connectivity index (χ1n) is 7.52. The van der Waals surface area contributed by atoms with Crippen molar-refractivity contribution in [1.82, 2.24) is 0 Å². The number of nitrogens with two attached hydrogens (primary N) is 1. The molecule has 1 amide bonds. The summed E-state index contributed by atoms with van der Waals surface area (Å²) in [5, 5.41) is 2.85. The van der Waals surface area contributed by atoms with Crippen molar-refractivity contribution in [3.05, 3.63) is 29.3 Å². The molecule has 1 aromatic rings. The Balaban J connectivity index is 1.58. The van der Waals surface area contributed by atoms with Crippen molar-refractivity contribution in [3.8, 4) is 0 Å². The number of nitrogens with one attached hydrogen (secondary N) is 1. The molecule has 1 fully saturated rings. The summed E-state index contributed by atoms with van der Waals surface area (Å²) in [7, 11) is 0. The number of fused-ring (bicyclic) bond motifs is 1. The number of hydrogen-bond acceptors (Lipinski definition) is 3. The Morgan fingerprint density at radius 2 is 2.30 bits per heavy atom. The van der Waals surface area contributed by atoms with Gasteiger partial charge in [0, 0.05) is 18.3 Å². The average Bonchev–Trinajstić information content (AvgIpc) is 2.85. The highest BCUT2D eigenvalue weighted by Gasteiger charge is 2.20. The number of carbonyl (C=O) groups is 1. The molecule has 2 aliphatic rings. The van der Waals surface area contributed by atoms with Crippen molar-refractivity contribution < 1.29 is 9.53 Å². The Morgan fingerprint density at radius 3 is 3.10 bits per heavy atom. The highest BCUT2D eigenvalue weighted by molar-refractivity contribution is 5.99. The minimum Gasteiger partial charge on any atom is -0.378 e. The van der Waals surface area contributed by atoms with Crippen molar-refractivity contribution in [2.75, 3.05) is 11.9 Å². The van der Waals surface area contributed by atoms with Crippen molar-refractivity contribution in [3.63, 3.8) is 0 Å². The normalized spacial score (nSPS) is 23.2. The molecule has 2 atom stereocenters. The van der Waals surface area contributed by atoms with Crippen LogP contribution in [0.3, 0.4) is 0 Å². The predicted molar refractivity (Wildman–Crippen MR) is 78.5 cm³/mol. The van der Waals surface area contributed by atoms with E-state index in [0.29, 0.717) is 12.5 Å². The summed E-state index contributed by atoms with van der Waals surface area (Å²) >= 11 is 0. The standard InChI is InChI=1S/C16H22N2O2/c17-14(6-5-13-3-1-2-8-20-13)11-4-7-15-12(9-11)10-16(19)18-15/h4,7,9,13-14H,1-3,5-6,8,10,17H2,(H,18,19). The van der Waals surface area contributed by atoms with Gasteiger partial charge >= 0.3 is 0 Å². The zero-order valence-electron chi connectivity index (χ0n) is 11.7. The van der Waals surface area contributed by atoms with Crippen molar-refractivity contribution >= 4 is 11.6 Å². The Bertz CT molecular complexity index is 495. The first kappa shape index (κ1) is 13.6. The molecule has 1 aromatic carbocycles. The first-order chi connectivity index (χ1) is 9.72. The van der Waals surface area contributed by atoms with Crippen LogP contribution in [0.15, 0.2) is 18.2 Å². The summed E-state index contributed by atoms with van der Waals surface area (Å²) in [4.78, 5) is 11.4. The molecule has 3 N–H and O–H groups in total. The molecule has 0 saturated carbocycles. The third-order valence-corrected chi connectivity index (χ3v) is 4.26. The lowest BCUT2D eigenvalue weighted by atomic mass is 9.96. The van der Waals surface area contributed by atoms with Crippen molar-refractivity contribution in [2.45, 2.75) is 50.7 Å². The fourth-order valence-electron chi connectivity index (χ4n) is 3.05. The molecule has 4 heteroatoms. The van der Waals surface area contributed by atoms with Gasteiger partial charge < -0.3 is 15.8 Å². The minimum absolute atomic E-state index is 0.0292. The Morgan fingerprint density at radius 1 is 1.40 bits per heavy atom. The maximum atomic E-state index is 11.4. The Labute approximate surface area is 119 Å². The van der Waals surface area contributed by atoms with Gasteiger partial charge in [0.1, 0.15) is 0 Å². The van der Waals surface area contributed by atoms with E-state index in [2.05, 4.69) is 11.4 Å². The summed E-state index contributed by atoms with van der Waals surface area (Å²) in [5.74, 6) is 0.0707. The molecule has 1 saturated heterocycles.